The fourth-order valence-electron chi connectivity index (χ4n) is 2.86. The summed E-state index contributed by atoms with van der Waals surface area (Å²) in [7, 11) is 0. The van der Waals surface area contributed by atoms with E-state index in [0.29, 0.717) is 0 Å². The van der Waals surface area contributed by atoms with Crippen molar-refractivity contribution in [3.8, 4) is 0 Å². The molecule has 3 aromatic heterocycles. The molecule has 0 saturated carbocycles. The number of benzene rings is 1. The Morgan fingerprint density at radius 2 is 1.64 bits per heavy atom. The highest BCUT2D eigenvalue weighted by Gasteiger charge is 2.15. The lowest BCUT2D eigenvalue weighted by molar-refractivity contribution is 0.0821. The maximum Gasteiger partial charge on any atom is 0.0987 e. The molecule has 2 N–H and O–H groups in total. The molecule has 1 aromatic carbocycles. The highest BCUT2D eigenvalue weighted by Crippen LogP contribution is 2.31. The lowest BCUT2D eigenvalue weighted by Crippen LogP contribution is -2.19. The average molecular weight is 294 g/mol. The Hall–Kier alpha value is -2.57. The summed E-state index contributed by atoms with van der Waals surface area (Å²) in [6, 6.07) is 7.69. The topological polar surface area (TPSA) is 84.1 Å². The molecule has 0 spiro atoms. The molecule has 0 saturated heterocycles. The van der Waals surface area contributed by atoms with Crippen molar-refractivity contribution in [1.29, 1.82) is 0 Å². The number of hydrogen-bond donors (Lipinski definition) is 2. The van der Waals surface area contributed by atoms with Crippen molar-refractivity contribution in [2.75, 3.05) is 6.61 Å². The maximum atomic E-state index is 9.75. The van der Waals surface area contributed by atoms with Crippen LogP contribution in [-0.2, 0) is 6.54 Å². The van der Waals surface area contributed by atoms with Crippen LogP contribution in [0.3, 0.4) is 0 Å². The van der Waals surface area contributed by atoms with E-state index in [2.05, 4.69) is 15.0 Å². The third-order valence-corrected chi connectivity index (χ3v) is 3.81. The maximum absolute atomic E-state index is 9.75. The highest BCUT2D eigenvalue weighted by atomic mass is 16.3. The van der Waals surface area contributed by atoms with Crippen molar-refractivity contribution in [3.63, 3.8) is 0 Å². The van der Waals surface area contributed by atoms with Gasteiger partial charge in [-0.1, -0.05) is 0 Å². The standard InChI is InChI=1S/C16H14N4O2/c21-8-10(22)7-20-9-19-15-11-3-1-5-17-13(11)14-12(16(15)20)4-2-6-18-14/h1-6,9-10,21-22H,7-8H2/t10-/m0/s1. The summed E-state index contributed by atoms with van der Waals surface area (Å²) in [4.78, 5) is 13.4. The molecule has 22 heavy (non-hydrogen) atoms. The van der Waals surface area contributed by atoms with Gasteiger partial charge in [-0.25, -0.2) is 4.98 Å². The number of nitrogens with zero attached hydrogens (tertiary/aromatic N) is 4. The van der Waals surface area contributed by atoms with Crippen molar-refractivity contribution in [2.45, 2.75) is 12.6 Å². The Bertz CT molecular complexity index is 980. The van der Waals surface area contributed by atoms with E-state index in [-0.39, 0.29) is 13.2 Å². The molecule has 6 nitrogen and oxygen atoms in total. The first-order valence-corrected chi connectivity index (χ1v) is 7.05. The molecule has 1 atom stereocenters. The largest absolute Gasteiger partial charge is 0.394 e. The van der Waals surface area contributed by atoms with Crippen LogP contribution in [0, 0.1) is 0 Å². The zero-order valence-electron chi connectivity index (χ0n) is 11.7. The highest BCUT2D eigenvalue weighted by molar-refractivity contribution is 6.20. The Balaban J connectivity index is 2.15. The van der Waals surface area contributed by atoms with Gasteiger partial charge in [-0.2, -0.15) is 0 Å². The number of aromatic nitrogens is 4. The molecule has 0 radical (unpaired) electrons. The molecule has 0 unspecified atom stereocenters. The van der Waals surface area contributed by atoms with Gasteiger partial charge in [0.25, 0.3) is 0 Å². The van der Waals surface area contributed by atoms with Crippen LogP contribution in [0.15, 0.2) is 43.0 Å². The summed E-state index contributed by atoms with van der Waals surface area (Å²) in [5.74, 6) is 0. The monoisotopic (exact) mass is 294 g/mol. The van der Waals surface area contributed by atoms with Crippen LogP contribution in [-0.4, -0.2) is 42.4 Å². The van der Waals surface area contributed by atoms with Crippen molar-refractivity contribution in [1.82, 2.24) is 19.5 Å². The molecule has 0 aliphatic carbocycles. The van der Waals surface area contributed by atoms with Crippen LogP contribution in [0.1, 0.15) is 0 Å². The molecule has 3 heterocycles. The lowest BCUT2D eigenvalue weighted by Gasteiger charge is -2.11. The molecular weight excluding hydrogens is 280 g/mol. The molecule has 6 heteroatoms. The molecule has 4 rings (SSSR count). The second-order valence-corrected chi connectivity index (χ2v) is 5.23. The van der Waals surface area contributed by atoms with Gasteiger partial charge < -0.3 is 14.8 Å². The third kappa shape index (κ3) is 1.85. The van der Waals surface area contributed by atoms with Gasteiger partial charge in [-0.15, -0.1) is 0 Å². The number of rotatable bonds is 3. The molecule has 0 aliphatic heterocycles. The predicted molar refractivity (Wildman–Crippen MR) is 83.4 cm³/mol. The summed E-state index contributed by atoms with van der Waals surface area (Å²) in [5, 5.41) is 20.7. The summed E-state index contributed by atoms with van der Waals surface area (Å²) >= 11 is 0. The Labute approximate surface area is 125 Å². The van der Waals surface area contributed by atoms with Crippen LogP contribution in [0.2, 0.25) is 0 Å². The molecule has 0 amide bonds. The predicted octanol–water partition coefficient (Wildman–Crippen LogP) is 1.49. The van der Waals surface area contributed by atoms with E-state index in [1.54, 1.807) is 18.7 Å². The van der Waals surface area contributed by atoms with E-state index < -0.39 is 6.10 Å². The smallest absolute Gasteiger partial charge is 0.0987 e. The normalized spacial score (nSPS) is 13.2. The lowest BCUT2D eigenvalue weighted by atomic mass is 10.1. The quantitative estimate of drug-likeness (QED) is 0.559. The van der Waals surface area contributed by atoms with E-state index in [9.17, 15) is 5.11 Å². The molecule has 0 fully saturated rings. The van der Waals surface area contributed by atoms with E-state index in [1.165, 1.54) is 0 Å². The second-order valence-electron chi connectivity index (χ2n) is 5.23. The second kappa shape index (κ2) is 5.01. The summed E-state index contributed by atoms with van der Waals surface area (Å²) in [6.07, 6.45) is 4.34. The fourth-order valence-corrected chi connectivity index (χ4v) is 2.86. The van der Waals surface area contributed by atoms with Crippen molar-refractivity contribution >= 4 is 32.8 Å². The summed E-state index contributed by atoms with van der Waals surface area (Å²) in [6.45, 7) is -0.00619. The van der Waals surface area contributed by atoms with E-state index in [1.807, 2.05) is 28.8 Å². The first-order valence-electron chi connectivity index (χ1n) is 7.05. The number of pyridine rings is 2. The van der Waals surface area contributed by atoms with Gasteiger partial charge in [0.05, 0.1) is 47.6 Å². The van der Waals surface area contributed by atoms with Gasteiger partial charge in [0.15, 0.2) is 0 Å². The summed E-state index contributed by atoms with van der Waals surface area (Å²) < 4.78 is 1.85. The van der Waals surface area contributed by atoms with Crippen LogP contribution in [0.4, 0.5) is 0 Å². The Morgan fingerprint density at radius 3 is 2.36 bits per heavy atom. The number of fused-ring (bicyclic) bond motifs is 6. The number of imidazole rings is 1. The van der Waals surface area contributed by atoms with Crippen LogP contribution < -0.4 is 0 Å². The van der Waals surface area contributed by atoms with Crippen molar-refractivity contribution in [2.24, 2.45) is 0 Å². The van der Waals surface area contributed by atoms with Gasteiger partial charge in [0.1, 0.15) is 0 Å². The number of aliphatic hydroxyl groups is 2. The molecule has 0 aliphatic rings. The average Bonchev–Trinajstić information content (AvgIpc) is 2.99. The molecule has 4 aromatic rings. The van der Waals surface area contributed by atoms with Crippen LogP contribution >= 0.6 is 0 Å². The van der Waals surface area contributed by atoms with Gasteiger partial charge in [0.2, 0.25) is 0 Å². The van der Waals surface area contributed by atoms with Crippen LogP contribution in [0.5, 0.6) is 0 Å². The van der Waals surface area contributed by atoms with E-state index >= 15 is 0 Å². The first kappa shape index (κ1) is 13.1. The van der Waals surface area contributed by atoms with Gasteiger partial charge in [-0.3, -0.25) is 9.97 Å². The minimum atomic E-state index is -0.825. The minimum Gasteiger partial charge on any atom is -0.394 e. The first-order chi connectivity index (χ1) is 10.8. The molecule has 0 bridgehead atoms. The van der Waals surface area contributed by atoms with E-state index in [0.717, 1.165) is 32.8 Å². The van der Waals surface area contributed by atoms with Gasteiger partial charge in [0, 0.05) is 23.2 Å². The number of hydrogen-bond acceptors (Lipinski definition) is 5. The van der Waals surface area contributed by atoms with E-state index in [4.69, 9.17) is 5.11 Å². The fraction of sp³-hybridized carbons (Fsp3) is 0.188. The number of aliphatic hydroxyl groups excluding tert-OH is 2. The Morgan fingerprint density at radius 1 is 0.955 bits per heavy atom. The summed E-state index contributed by atoms with van der Waals surface area (Å²) in [5.41, 5.74) is 3.36. The van der Waals surface area contributed by atoms with Crippen molar-refractivity contribution < 1.29 is 10.2 Å². The molecular formula is C16H14N4O2. The van der Waals surface area contributed by atoms with Crippen LogP contribution in [0.25, 0.3) is 32.8 Å². The minimum absolute atomic E-state index is 0.281. The SMILES string of the molecule is OC[C@@H](O)Cn1cnc2c3cccnc3c3ncccc3c21. The zero-order chi connectivity index (χ0) is 15.1. The molecule has 110 valence electrons. The Kier molecular flexibility index (Phi) is 2.99. The zero-order valence-corrected chi connectivity index (χ0v) is 11.7. The van der Waals surface area contributed by atoms with Crippen molar-refractivity contribution in [3.05, 3.63) is 43.0 Å². The third-order valence-electron chi connectivity index (χ3n) is 3.81. The van der Waals surface area contributed by atoms with Gasteiger partial charge >= 0.3 is 0 Å². The van der Waals surface area contributed by atoms with Gasteiger partial charge in [-0.05, 0) is 24.3 Å².